The summed E-state index contributed by atoms with van der Waals surface area (Å²) in [4.78, 5) is 48.4. The molecule has 0 aliphatic heterocycles. The number of unbranched alkanes of at least 4 members (excludes halogenated alkanes) is 1. The Hall–Kier alpha value is -3.02. The quantitative estimate of drug-likeness (QED) is 0.161. The Kier molecular flexibility index (Phi) is 11.9. The molecule has 0 bridgehead atoms. The van der Waals surface area contributed by atoms with Crippen LogP contribution in [-0.4, -0.2) is 71.2 Å². The second kappa shape index (κ2) is 14.1. The molecule has 0 saturated heterocycles. The number of carbonyl (C=O) groups is 4. The van der Waals surface area contributed by atoms with Crippen molar-refractivity contribution in [1.82, 2.24) is 16.0 Å². The number of aliphatic hydroxyl groups excluding tert-OH is 1. The number of nitrogens with one attached hydrogen (secondary N) is 3. The van der Waals surface area contributed by atoms with Gasteiger partial charge in [0.25, 0.3) is 0 Å². The van der Waals surface area contributed by atoms with E-state index in [0.29, 0.717) is 19.4 Å². The summed E-state index contributed by atoms with van der Waals surface area (Å²) in [5.41, 5.74) is 12.1. The number of nitrogens with two attached hydrogens (primary N) is 2. The van der Waals surface area contributed by atoms with Gasteiger partial charge in [-0.05, 0) is 31.9 Å². The lowest BCUT2D eigenvalue weighted by Gasteiger charge is -2.25. The van der Waals surface area contributed by atoms with E-state index in [2.05, 4.69) is 16.0 Å². The first-order chi connectivity index (χ1) is 15.1. The maximum Gasteiger partial charge on any atom is 0.322 e. The molecule has 0 radical (unpaired) electrons. The minimum absolute atomic E-state index is 0.122. The average Bonchev–Trinajstić information content (AvgIpc) is 2.75. The summed E-state index contributed by atoms with van der Waals surface area (Å²) in [5.74, 6) is -3.37. The Balaban J connectivity index is 2.93. The highest BCUT2D eigenvalue weighted by molar-refractivity contribution is 5.94. The number of rotatable bonds is 14. The molecule has 0 spiro atoms. The normalized spacial score (nSPS) is 14.5. The Morgan fingerprint density at radius 2 is 1.66 bits per heavy atom. The van der Waals surface area contributed by atoms with Gasteiger partial charge in [-0.1, -0.05) is 36.8 Å². The highest BCUT2D eigenvalue weighted by Crippen LogP contribution is 2.06. The van der Waals surface area contributed by atoms with E-state index < -0.39 is 54.5 Å². The van der Waals surface area contributed by atoms with Crippen molar-refractivity contribution in [3.63, 3.8) is 0 Å². The van der Waals surface area contributed by atoms with Gasteiger partial charge in [-0.15, -0.1) is 0 Å². The van der Waals surface area contributed by atoms with Crippen LogP contribution in [0, 0.1) is 0 Å². The fraction of sp³-hybridized carbons (Fsp3) is 0.524. The summed E-state index contributed by atoms with van der Waals surface area (Å²) in [6.07, 6.45) is 0.595. The second-order valence-electron chi connectivity index (χ2n) is 7.48. The molecule has 1 rings (SSSR count). The van der Waals surface area contributed by atoms with E-state index in [1.54, 1.807) is 30.3 Å². The van der Waals surface area contributed by atoms with Gasteiger partial charge in [0.15, 0.2) is 0 Å². The SMILES string of the molecule is CC(O)C(NC(=O)C(Cc1ccccc1)NC(=O)C(N)CCCCN)C(=O)NCC(=O)O. The lowest BCUT2D eigenvalue weighted by molar-refractivity contribution is -0.139. The monoisotopic (exact) mass is 451 g/mol. The van der Waals surface area contributed by atoms with Crippen LogP contribution in [0.5, 0.6) is 0 Å². The fourth-order valence-corrected chi connectivity index (χ4v) is 2.91. The van der Waals surface area contributed by atoms with Gasteiger partial charge in [0.2, 0.25) is 17.7 Å². The molecule has 0 aliphatic carbocycles. The van der Waals surface area contributed by atoms with Crippen LogP contribution in [-0.2, 0) is 25.6 Å². The van der Waals surface area contributed by atoms with Crippen molar-refractivity contribution in [2.24, 2.45) is 11.5 Å². The fourth-order valence-electron chi connectivity index (χ4n) is 2.91. The summed E-state index contributed by atoms with van der Waals surface area (Å²) >= 11 is 0. The van der Waals surface area contributed by atoms with E-state index in [1.807, 2.05) is 0 Å². The molecule has 3 amide bonds. The zero-order valence-electron chi connectivity index (χ0n) is 18.1. The molecule has 0 aromatic heterocycles. The first-order valence-electron chi connectivity index (χ1n) is 10.4. The number of carboxylic acids is 1. The standard InChI is InChI=1S/C21H33N5O6/c1-13(27)18(21(32)24-12-17(28)29)26-20(31)16(11-14-7-3-2-4-8-14)25-19(30)15(23)9-5-6-10-22/h2-4,7-8,13,15-16,18,27H,5-6,9-12,22-23H2,1H3,(H,24,32)(H,25,30)(H,26,31)(H,28,29). The molecule has 11 heteroatoms. The van der Waals surface area contributed by atoms with Crippen LogP contribution in [0.4, 0.5) is 0 Å². The molecule has 11 nitrogen and oxygen atoms in total. The van der Waals surface area contributed by atoms with Crippen molar-refractivity contribution in [1.29, 1.82) is 0 Å². The molecule has 0 heterocycles. The number of aliphatic carboxylic acids is 1. The van der Waals surface area contributed by atoms with Crippen molar-refractivity contribution in [2.75, 3.05) is 13.1 Å². The van der Waals surface area contributed by atoms with E-state index in [9.17, 15) is 24.3 Å². The summed E-state index contributed by atoms with van der Waals surface area (Å²) in [6, 6.07) is 5.61. The van der Waals surface area contributed by atoms with Gasteiger partial charge in [-0.2, -0.15) is 0 Å². The Bertz CT molecular complexity index is 758. The van der Waals surface area contributed by atoms with Gasteiger partial charge in [-0.25, -0.2) is 0 Å². The summed E-state index contributed by atoms with van der Waals surface area (Å²) in [7, 11) is 0. The van der Waals surface area contributed by atoms with Gasteiger partial charge in [-0.3, -0.25) is 19.2 Å². The molecule has 178 valence electrons. The Morgan fingerprint density at radius 3 is 2.22 bits per heavy atom. The molecule has 32 heavy (non-hydrogen) atoms. The third kappa shape index (κ3) is 9.86. The first-order valence-corrected chi connectivity index (χ1v) is 10.4. The molecule has 0 saturated carbocycles. The predicted octanol–water partition coefficient (Wildman–Crippen LogP) is -1.76. The van der Waals surface area contributed by atoms with Crippen molar-refractivity contribution in [2.45, 2.75) is 56.8 Å². The first kappa shape index (κ1) is 27.0. The van der Waals surface area contributed by atoms with Gasteiger partial charge in [0, 0.05) is 6.42 Å². The topological polar surface area (TPSA) is 197 Å². The maximum absolute atomic E-state index is 12.9. The molecule has 0 fully saturated rings. The van der Waals surface area contributed by atoms with E-state index in [-0.39, 0.29) is 6.42 Å². The van der Waals surface area contributed by atoms with Gasteiger partial charge >= 0.3 is 5.97 Å². The highest BCUT2D eigenvalue weighted by atomic mass is 16.4. The third-order valence-corrected chi connectivity index (χ3v) is 4.70. The maximum atomic E-state index is 12.9. The predicted molar refractivity (Wildman–Crippen MR) is 117 cm³/mol. The van der Waals surface area contributed by atoms with E-state index in [4.69, 9.17) is 16.6 Å². The molecule has 1 aromatic rings. The van der Waals surface area contributed by atoms with Gasteiger partial charge in [0.1, 0.15) is 18.6 Å². The van der Waals surface area contributed by atoms with E-state index >= 15 is 0 Å². The van der Waals surface area contributed by atoms with E-state index in [0.717, 1.165) is 12.0 Å². The van der Waals surface area contributed by atoms with Crippen molar-refractivity contribution in [3.8, 4) is 0 Å². The zero-order valence-corrected chi connectivity index (χ0v) is 18.1. The third-order valence-electron chi connectivity index (χ3n) is 4.70. The zero-order chi connectivity index (χ0) is 24.1. The number of hydrogen-bond acceptors (Lipinski definition) is 7. The van der Waals surface area contributed by atoms with Crippen molar-refractivity contribution >= 4 is 23.7 Å². The van der Waals surface area contributed by atoms with Crippen LogP contribution in [0.2, 0.25) is 0 Å². The minimum atomic E-state index is -1.41. The van der Waals surface area contributed by atoms with Crippen molar-refractivity contribution in [3.05, 3.63) is 35.9 Å². The van der Waals surface area contributed by atoms with Crippen LogP contribution >= 0.6 is 0 Å². The van der Waals surface area contributed by atoms with Crippen LogP contribution in [0.15, 0.2) is 30.3 Å². The van der Waals surface area contributed by atoms with E-state index in [1.165, 1.54) is 6.92 Å². The molecule has 9 N–H and O–H groups in total. The number of amides is 3. The molecule has 1 aromatic carbocycles. The molecule has 4 atom stereocenters. The lowest BCUT2D eigenvalue weighted by atomic mass is 10.0. The largest absolute Gasteiger partial charge is 0.480 e. The Labute approximate surface area is 186 Å². The average molecular weight is 452 g/mol. The number of aliphatic hydroxyl groups is 1. The molecule has 0 aliphatic rings. The molecule has 4 unspecified atom stereocenters. The van der Waals surface area contributed by atoms with Crippen LogP contribution in [0.1, 0.15) is 31.7 Å². The molecular formula is C21H33N5O6. The molecular weight excluding hydrogens is 418 g/mol. The van der Waals surface area contributed by atoms with Gasteiger partial charge < -0.3 is 37.6 Å². The minimum Gasteiger partial charge on any atom is -0.480 e. The smallest absolute Gasteiger partial charge is 0.322 e. The summed E-state index contributed by atoms with van der Waals surface area (Å²) in [5, 5.41) is 25.7. The van der Waals surface area contributed by atoms with Crippen LogP contribution < -0.4 is 27.4 Å². The van der Waals surface area contributed by atoms with Crippen LogP contribution in [0.25, 0.3) is 0 Å². The van der Waals surface area contributed by atoms with Gasteiger partial charge in [0.05, 0.1) is 12.1 Å². The highest BCUT2D eigenvalue weighted by Gasteiger charge is 2.30. The van der Waals surface area contributed by atoms with Crippen molar-refractivity contribution < 1.29 is 29.4 Å². The summed E-state index contributed by atoms with van der Waals surface area (Å²) in [6.45, 7) is 1.10. The summed E-state index contributed by atoms with van der Waals surface area (Å²) < 4.78 is 0. The number of carbonyl (C=O) groups excluding carboxylic acids is 3. The number of benzene rings is 1. The Morgan fingerprint density at radius 1 is 1.00 bits per heavy atom. The second-order valence-corrected chi connectivity index (χ2v) is 7.48. The number of carboxylic acid groups (broad SMARTS) is 1. The van der Waals surface area contributed by atoms with Crippen LogP contribution in [0.3, 0.4) is 0 Å². The lowest BCUT2D eigenvalue weighted by Crippen LogP contribution is -2.59. The number of hydrogen-bond donors (Lipinski definition) is 7.